The van der Waals surface area contributed by atoms with E-state index >= 15 is 0 Å². The van der Waals surface area contributed by atoms with Gasteiger partial charge in [0.15, 0.2) is 0 Å². The van der Waals surface area contributed by atoms with Crippen LogP contribution in [-0.2, 0) is 0 Å². The first-order chi connectivity index (χ1) is 13.0. The number of fused-ring (bicyclic) bond motifs is 1. The van der Waals surface area contributed by atoms with Crippen LogP contribution in [-0.4, -0.2) is 9.55 Å². The SMILES string of the molecule is Cc1cc2nc(C=Cc3ccccc3Cl)n(-c3ccccc3C)c(=O)c2s1. The summed E-state index contributed by atoms with van der Waals surface area (Å²) >= 11 is 7.74. The van der Waals surface area contributed by atoms with Gasteiger partial charge in [-0.15, -0.1) is 11.3 Å². The molecule has 0 atom stereocenters. The lowest BCUT2D eigenvalue weighted by Gasteiger charge is -2.12. The van der Waals surface area contributed by atoms with Crippen molar-refractivity contribution in [1.29, 1.82) is 0 Å². The minimum Gasteiger partial charge on any atom is -0.267 e. The minimum absolute atomic E-state index is 0.0498. The Labute approximate surface area is 166 Å². The molecule has 0 radical (unpaired) electrons. The molecule has 2 aromatic carbocycles. The number of rotatable bonds is 3. The number of nitrogens with zero attached hydrogens (tertiary/aromatic N) is 2. The molecule has 0 spiro atoms. The standard InChI is InChI=1S/C22H17ClN2OS/c1-14-7-3-6-10-19(14)25-20(12-11-16-8-4-5-9-17(16)23)24-18-13-15(2)27-21(18)22(25)26/h3-13H,1-2H3. The number of hydrogen-bond acceptors (Lipinski definition) is 3. The average Bonchev–Trinajstić information content (AvgIpc) is 3.03. The van der Waals surface area contributed by atoms with Gasteiger partial charge in [0.1, 0.15) is 10.5 Å². The molecule has 0 bridgehead atoms. The van der Waals surface area contributed by atoms with Crippen molar-refractivity contribution < 1.29 is 0 Å². The second-order valence-corrected chi connectivity index (χ2v) is 7.99. The first-order valence-corrected chi connectivity index (χ1v) is 9.76. The number of thiophene rings is 1. The van der Waals surface area contributed by atoms with Gasteiger partial charge in [-0.1, -0.05) is 48.0 Å². The second-order valence-electron chi connectivity index (χ2n) is 6.32. The zero-order valence-electron chi connectivity index (χ0n) is 14.9. The van der Waals surface area contributed by atoms with Crippen molar-refractivity contribution in [2.75, 3.05) is 0 Å². The summed E-state index contributed by atoms with van der Waals surface area (Å²) in [4.78, 5) is 19.1. The van der Waals surface area contributed by atoms with Gasteiger partial charge in [-0.3, -0.25) is 9.36 Å². The summed E-state index contributed by atoms with van der Waals surface area (Å²) in [6, 6.07) is 17.4. The van der Waals surface area contributed by atoms with Crippen LogP contribution in [0.3, 0.4) is 0 Å². The Hall–Kier alpha value is -2.69. The largest absolute Gasteiger partial charge is 0.276 e. The molecule has 0 aliphatic rings. The normalized spacial score (nSPS) is 11.5. The summed E-state index contributed by atoms with van der Waals surface area (Å²) in [7, 11) is 0. The molecule has 4 rings (SSSR count). The van der Waals surface area contributed by atoms with Gasteiger partial charge in [0.05, 0.1) is 11.2 Å². The highest BCUT2D eigenvalue weighted by Gasteiger charge is 2.14. The molecule has 0 amide bonds. The Kier molecular flexibility index (Phi) is 4.68. The fraction of sp³-hybridized carbons (Fsp3) is 0.0909. The smallest absolute Gasteiger partial charge is 0.267 e. The molecule has 0 N–H and O–H groups in total. The molecule has 0 saturated carbocycles. The van der Waals surface area contributed by atoms with Crippen LogP contribution in [0.5, 0.6) is 0 Å². The number of benzene rings is 2. The van der Waals surface area contributed by atoms with E-state index in [0.717, 1.165) is 27.2 Å². The zero-order valence-corrected chi connectivity index (χ0v) is 16.5. The first kappa shape index (κ1) is 17.7. The molecular weight excluding hydrogens is 376 g/mol. The maximum absolute atomic E-state index is 13.3. The van der Waals surface area contributed by atoms with Crippen molar-refractivity contribution in [3.05, 3.63) is 91.8 Å². The van der Waals surface area contributed by atoms with Crippen molar-refractivity contribution in [2.24, 2.45) is 0 Å². The van der Waals surface area contributed by atoms with E-state index in [1.54, 1.807) is 4.57 Å². The highest BCUT2D eigenvalue weighted by molar-refractivity contribution is 7.18. The fourth-order valence-corrected chi connectivity index (χ4v) is 4.13. The lowest BCUT2D eigenvalue weighted by molar-refractivity contribution is 0.938. The summed E-state index contributed by atoms with van der Waals surface area (Å²) in [5.74, 6) is 0.583. The minimum atomic E-state index is -0.0498. The van der Waals surface area contributed by atoms with Gasteiger partial charge in [-0.05, 0) is 55.3 Å². The highest BCUT2D eigenvalue weighted by Crippen LogP contribution is 2.24. The van der Waals surface area contributed by atoms with E-state index in [9.17, 15) is 4.79 Å². The van der Waals surface area contributed by atoms with E-state index in [-0.39, 0.29) is 5.56 Å². The fourth-order valence-electron chi connectivity index (χ4n) is 3.05. The van der Waals surface area contributed by atoms with E-state index in [4.69, 9.17) is 16.6 Å². The van der Waals surface area contributed by atoms with Crippen LogP contribution in [0.1, 0.15) is 21.8 Å². The number of aromatic nitrogens is 2. The molecule has 4 aromatic rings. The molecule has 0 saturated heterocycles. The van der Waals surface area contributed by atoms with Crippen LogP contribution in [0.4, 0.5) is 0 Å². The van der Waals surface area contributed by atoms with Crippen molar-refractivity contribution in [3.63, 3.8) is 0 Å². The van der Waals surface area contributed by atoms with Gasteiger partial charge >= 0.3 is 0 Å². The lowest BCUT2D eigenvalue weighted by atomic mass is 10.2. The first-order valence-electron chi connectivity index (χ1n) is 8.56. The third kappa shape index (κ3) is 3.34. The predicted molar refractivity (Wildman–Crippen MR) is 115 cm³/mol. The summed E-state index contributed by atoms with van der Waals surface area (Å²) < 4.78 is 2.35. The Balaban J connectivity index is 1.98. The van der Waals surface area contributed by atoms with Crippen molar-refractivity contribution in [2.45, 2.75) is 13.8 Å². The number of hydrogen-bond donors (Lipinski definition) is 0. The molecule has 0 aliphatic carbocycles. The van der Waals surface area contributed by atoms with Gasteiger partial charge in [-0.2, -0.15) is 0 Å². The quantitative estimate of drug-likeness (QED) is 0.435. The molecule has 0 unspecified atom stereocenters. The van der Waals surface area contributed by atoms with Gasteiger partial charge in [0.25, 0.3) is 5.56 Å². The number of halogens is 1. The topological polar surface area (TPSA) is 34.9 Å². The third-order valence-electron chi connectivity index (χ3n) is 4.37. The van der Waals surface area contributed by atoms with Gasteiger partial charge in [-0.25, -0.2) is 4.98 Å². The molecule has 2 aromatic heterocycles. The Morgan fingerprint density at radius 3 is 2.56 bits per heavy atom. The third-order valence-corrected chi connectivity index (χ3v) is 5.74. The van der Waals surface area contributed by atoms with Crippen LogP contribution in [0.25, 0.3) is 28.1 Å². The zero-order chi connectivity index (χ0) is 19.0. The van der Waals surface area contributed by atoms with Crippen LogP contribution in [0.15, 0.2) is 59.4 Å². The molecule has 134 valence electrons. The molecular formula is C22H17ClN2OS. The molecule has 0 fully saturated rings. The molecule has 2 heterocycles. The van der Waals surface area contributed by atoms with E-state index in [2.05, 4.69) is 0 Å². The van der Waals surface area contributed by atoms with Crippen LogP contribution in [0.2, 0.25) is 5.02 Å². The van der Waals surface area contributed by atoms with Crippen molar-refractivity contribution >= 4 is 45.3 Å². The Morgan fingerprint density at radius 1 is 1.04 bits per heavy atom. The molecule has 0 aliphatic heterocycles. The average molecular weight is 393 g/mol. The Morgan fingerprint density at radius 2 is 1.78 bits per heavy atom. The van der Waals surface area contributed by atoms with Crippen molar-refractivity contribution in [3.8, 4) is 5.69 Å². The summed E-state index contributed by atoms with van der Waals surface area (Å²) in [5.41, 5.74) is 3.41. The van der Waals surface area contributed by atoms with E-state index in [1.807, 2.05) is 80.6 Å². The maximum Gasteiger partial charge on any atom is 0.276 e. The molecule has 3 nitrogen and oxygen atoms in total. The van der Waals surface area contributed by atoms with E-state index in [0.29, 0.717) is 15.5 Å². The highest BCUT2D eigenvalue weighted by atomic mass is 35.5. The number of aryl methyl sites for hydroxylation is 2. The predicted octanol–water partition coefficient (Wildman–Crippen LogP) is 5.89. The van der Waals surface area contributed by atoms with Gasteiger partial charge < -0.3 is 0 Å². The lowest BCUT2D eigenvalue weighted by Crippen LogP contribution is -2.22. The van der Waals surface area contributed by atoms with Crippen LogP contribution >= 0.6 is 22.9 Å². The maximum atomic E-state index is 13.3. The van der Waals surface area contributed by atoms with Gasteiger partial charge in [0.2, 0.25) is 0 Å². The molecule has 27 heavy (non-hydrogen) atoms. The second kappa shape index (κ2) is 7.14. The van der Waals surface area contributed by atoms with Gasteiger partial charge in [0, 0.05) is 9.90 Å². The summed E-state index contributed by atoms with van der Waals surface area (Å²) in [6.07, 6.45) is 3.74. The Bertz CT molecular complexity index is 1240. The van der Waals surface area contributed by atoms with Crippen LogP contribution in [0, 0.1) is 13.8 Å². The monoisotopic (exact) mass is 392 g/mol. The summed E-state index contributed by atoms with van der Waals surface area (Å²) in [5, 5.41) is 0.658. The number of para-hydroxylation sites is 1. The molecule has 5 heteroatoms. The van der Waals surface area contributed by atoms with Crippen LogP contribution < -0.4 is 5.56 Å². The van der Waals surface area contributed by atoms with E-state index < -0.39 is 0 Å². The summed E-state index contributed by atoms with van der Waals surface area (Å²) in [6.45, 7) is 3.98. The van der Waals surface area contributed by atoms with E-state index in [1.165, 1.54) is 11.3 Å². The van der Waals surface area contributed by atoms with Crippen molar-refractivity contribution in [1.82, 2.24) is 9.55 Å².